The van der Waals surface area contributed by atoms with Crippen LogP contribution in [0.15, 0.2) is 67.3 Å². The molecule has 0 spiro atoms. The molecule has 0 aliphatic rings. The van der Waals surface area contributed by atoms with Crippen LogP contribution in [0.25, 0.3) is 5.65 Å². The number of rotatable bonds is 6. The summed E-state index contributed by atoms with van der Waals surface area (Å²) in [6.07, 6.45) is 7.03. The fourth-order valence-electron chi connectivity index (χ4n) is 2.90. The molecule has 0 fully saturated rings. The lowest BCUT2D eigenvalue weighted by Crippen LogP contribution is -2.12. The highest BCUT2D eigenvalue weighted by atomic mass is 16.5. The Morgan fingerprint density at radius 1 is 1.17 bits per heavy atom. The van der Waals surface area contributed by atoms with Crippen molar-refractivity contribution in [2.24, 2.45) is 0 Å². The molecular formula is C22H20N4O3. The van der Waals surface area contributed by atoms with Crippen LogP contribution < -0.4 is 14.8 Å². The smallest absolute Gasteiger partial charge is 0.275 e. The maximum Gasteiger partial charge on any atom is 0.275 e. The van der Waals surface area contributed by atoms with Crippen molar-refractivity contribution in [1.29, 1.82) is 0 Å². The number of hydrogen-bond acceptors (Lipinski definition) is 5. The van der Waals surface area contributed by atoms with Crippen LogP contribution in [-0.4, -0.2) is 27.4 Å². The number of nitrogens with zero attached hydrogens (tertiary/aromatic N) is 3. The number of pyridine rings is 2. The second-order valence-corrected chi connectivity index (χ2v) is 6.57. The molecule has 1 aromatic carbocycles. The van der Waals surface area contributed by atoms with E-state index in [1.807, 2.05) is 41.8 Å². The average molecular weight is 388 g/mol. The van der Waals surface area contributed by atoms with Crippen LogP contribution in [-0.2, 0) is 6.61 Å². The molecule has 146 valence electrons. The zero-order valence-corrected chi connectivity index (χ0v) is 16.1. The third kappa shape index (κ3) is 4.19. The van der Waals surface area contributed by atoms with Crippen LogP contribution >= 0.6 is 0 Å². The van der Waals surface area contributed by atoms with E-state index in [0.717, 1.165) is 16.8 Å². The predicted molar refractivity (Wildman–Crippen MR) is 109 cm³/mol. The van der Waals surface area contributed by atoms with Gasteiger partial charge in [-0.2, -0.15) is 0 Å². The Morgan fingerprint density at radius 3 is 2.86 bits per heavy atom. The number of ether oxygens (including phenoxy) is 2. The Bertz CT molecular complexity index is 1160. The van der Waals surface area contributed by atoms with E-state index in [0.29, 0.717) is 29.5 Å². The van der Waals surface area contributed by atoms with E-state index in [2.05, 4.69) is 15.3 Å². The van der Waals surface area contributed by atoms with Crippen LogP contribution in [0.4, 0.5) is 5.69 Å². The van der Waals surface area contributed by atoms with E-state index in [4.69, 9.17) is 9.47 Å². The van der Waals surface area contributed by atoms with Crippen molar-refractivity contribution in [3.05, 3.63) is 84.1 Å². The third-order valence-corrected chi connectivity index (χ3v) is 4.39. The van der Waals surface area contributed by atoms with Crippen molar-refractivity contribution in [3.8, 4) is 11.5 Å². The maximum atomic E-state index is 12.6. The summed E-state index contributed by atoms with van der Waals surface area (Å²) in [5, 5.41) is 2.86. The van der Waals surface area contributed by atoms with Gasteiger partial charge in [0, 0.05) is 42.1 Å². The van der Waals surface area contributed by atoms with Gasteiger partial charge in [0.05, 0.1) is 7.11 Å². The van der Waals surface area contributed by atoms with Crippen molar-refractivity contribution in [3.63, 3.8) is 0 Å². The summed E-state index contributed by atoms with van der Waals surface area (Å²) in [4.78, 5) is 21.1. The van der Waals surface area contributed by atoms with Gasteiger partial charge < -0.3 is 19.2 Å². The zero-order valence-electron chi connectivity index (χ0n) is 16.1. The summed E-state index contributed by atoms with van der Waals surface area (Å²) in [5.41, 5.74) is 3.67. The molecule has 3 heterocycles. The first-order valence-corrected chi connectivity index (χ1v) is 9.09. The molecule has 0 saturated heterocycles. The highest BCUT2D eigenvalue weighted by Gasteiger charge is 2.13. The lowest BCUT2D eigenvalue weighted by molar-refractivity contribution is 0.102. The number of carbonyl (C=O) groups is 1. The Balaban J connectivity index is 1.52. The quantitative estimate of drug-likeness (QED) is 0.542. The molecule has 0 saturated carbocycles. The number of amides is 1. The number of aromatic nitrogens is 3. The van der Waals surface area contributed by atoms with Crippen LogP contribution in [0.3, 0.4) is 0 Å². The summed E-state index contributed by atoms with van der Waals surface area (Å²) in [5.74, 6) is 0.810. The lowest BCUT2D eigenvalue weighted by Gasteiger charge is -2.12. The Kier molecular flexibility index (Phi) is 5.11. The molecule has 0 aliphatic heterocycles. The second kappa shape index (κ2) is 8.02. The molecule has 29 heavy (non-hydrogen) atoms. The third-order valence-electron chi connectivity index (χ3n) is 4.39. The first kappa shape index (κ1) is 18.5. The van der Waals surface area contributed by atoms with Crippen LogP contribution in [0.1, 0.15) is 21.6 Å². The largest absolute Gasteiger partial charge is 0.493 e. The standard InChI is InChI=1S/C22H20N4O3/c1-15-7-9-26-13-18(25-21(26)10-15)22(27)24-17-5-6-19(28-2)20(11-17)29-14-16-4-3-8-23-12-16/h3-13H,14H2,1-2H3,(H,24,27). The molecule has 3 aromatic heterocycles. The van der Waals surface area contributed by atoms with Gasteiger partial charge in [0.2, 0.25) is 0 Å². The van der Waals surface area contributed by atoms with Gasteiger partial charge in [0.15, 0.2) is 11.5 Å². The summed E-state index contributed by atoms with van der Waals surface area (Å²) in [6, 6.07) is 12.9. The molecule has 0 atom stereocenters. The minimum Gasteiger partial charge on any atom is -0.493 e. The molecule has 0 radical (unpaired) electrons. The molecule has 0 aliphatic carbocycles. The topological polar surface area (TPSA) is 77.8 Å². The zero-order chi connectivity index (χ0) is 20.2. The van der Waals surface area contributed by atoms with Gasteiger partial charge in [-0.05, 0) is 42.8 Å². The average Bonchev–Trinajstić information content (AvgIpc) is 3.16. The lowest BCUT2D eigenvalue weighted by atomic mass is 10.2. The molecule has 7 nitrogen and oxygen atoms in total. The van der Waals surface area contributed by atoms with Crippen molar-refractivity contribution in [2.75, 3.05) is 12.4 Å². The minimum absolute atomic E-state index is 0.297. The number of methoxy groups -OCH3 is 1. The number of hydrogen-bond donors (Lipinski definition) is 1. The number of imidazole rings is 1. The number of fused-ring (bicyclic) bond motifs is 1. The van der Waals surface area contributed by atoms with Crippen molar-refractivity contribution in [2.45, 2.75) is 13.5 Å². The van der Waals surface area contributed by atoms with E-state index in [1.165, 1.54) is 0 Å². The van der Waals surface area contributed by atoms with Gasteiger partial charge >= 0.3 is 0 Å². The first-order chi connectivity index (χ1) is 14.1. The van der Waals surface area contributed by atoms with E-state index < -0.39 is 0 Å². The number of carbonyl (C=O) groups excluding carboxylic acids is 1. The molecule has 0 bridgehead atoms. The normalized spacial score (nSPS) is 10.7. The van der Waals surface area contributed by atoms with E-state index in [-0.39, 0.29) is 5.91 Å². The monoisotopic (exact) mass is 388 g/mol. The molecule has 1 amide bonds. The predicted octanol–water partition coefficient (Wildman–Crippen LogP) is 3.88. The van der Waals surface area contributed by atoms with Crippen LogP contribution in [0.2, 0.25) is 0 Å². The van der Waals surface area contributed by atoms with Crippen molar-refractivity contribution in [1.82, 2.24) is 14.4 Å². The Hall–Kier alpha value is -3.87. The number of anilines is 1. The van der Waals surface area contributed by atoms with E-state index >= 15 is 0 Å². The molecule has 4 aromatic rings. The highest BCUT2D eigenvalue weighted by Crippen LogP contribution is 2.31. The van der Waals surface area contributed by atoms with Gasteiger partial charge in [0.25, 0.3) is 5.91 Å². The molecule has 1 N–H and O–H groups in total. The summed E-state index contributed by atoms with van der Waals surface area (Å²) in [6.45, 7) is 2.33. The SMILES string of the molecule is COc1ccc(NC(=O)c2cn3ccc(C)cc3n2)cc1OCc1cccnc1. The van der Waals surface area contributed by atoms with Gasteiger partial charge in [-0.1, -0.05) is 6.07 Å². The van der Waals surface area contributed by atoms with Crippen molar-refractivity contribution >= 4 is 17.2 Å². The molecular weight excluding hydrogens is 368 g/mol. The maximum absolute atomic E-state index is 12.6. The number of aryl methyl sites for hydroxylation is 1. The van der Waals surface area contributed by atoms with Gasteiger partial charge in [0.1, 0.15) is 17.9 Å². The summed E-state index contributed by atoms with van der Waals surface area (Å²) in [7, 11) is 1.57. The van der Waals surface area contributed by atoms with Crippen LogP contribution in [0.5, 0.6) is 11.5 Å². The summed E-state index contributed by atoms with van der Waals surface area (Å²) >= 11 is 0. The second-order valence-electron chi connectivity index (χ2n) is 6.57. The molecule has 0 unspecified atom stereocenters. The number of benzene rings is 1. The van der Waals surface area contributed by atoms with E-state index in [9.17, 15) is 4.79 Å². The van der Waals surface area contributed by atoms with E-state index in [1.54, 1.807) is 43.9 Å². The fourth-order valence-corrected chi connectivity index (χ4v) is 2.90. The number of nitrogens with one attached hydrogen (secondary N) is 1. The van der Waals surface area contributed by atoms with Gasteiger partial charge in [-0.25, -0.2) is 4.98 Å². The Morgan fingerprint density at radius 2 is 2.07 bits per heavy atom. The van der Waals surface area contributed by atoms with Crippen molar-refractivity contribution < 1.29 is 14.3 Å². The Labute approximate surface area is 168 Å². The highest BCUT2D eigenvalue weighted by molar-refractivity contribution is 6.03. The minimum atomic E-state index is -0.297. The fraction of sp³-hybridized carbons (Fsp3) is 0.136. The van der Waals surface area contributed by atoms with Gasteiger partial charge in [-0.3, -0.25) is 9.78 Å². The summed E-state index contributed by atoms with van der Waals surface area (Å²) < 4.78 is 13.0. The van der Waals surface area contributed by atoms with Gasteiger partial charge in [-0.15, -0.1) is 0 Å². The molecule has 7 heteroatoms. The van der Waals surface area contributed by atoms with Crippen LogP contribution in [0, 0.1) is 6.92 Å². The molecule has 4 rings (SSSR count). The first-order valence-electron chi connectivity index (χ1n) is 9.09.